The zero-order valence-electron chi connectivity index (χ0n) is 23.3. The van der Waals surface area contributed by atoms with E-state index < -0.39 is 17.7 Å². The highest BCUT2D eigenvalue weighted by molar-refractivity contribution is 6.46. The molecule has 3 rings (SSSR count). The predicted molar refractivity (Wildman–Crippen MR) is 152 cm³/mol. The number of aryl methyl sites for hydroxylation is 1. The molecule has 1 aliphatic rings. The van der Waals surface area contributed by atoms with Crippen LogP contribution < -0.4 is 0 Å². The molecule has 37 heavy (non-hydrogen) atoms. The van der Waals surface area contributed by atoms with Gasteiger partial charge in [0.05, 0.1) is 11.6 Å². The molecule has 0 bridgehead atoms. The van der Waals surface area contributed by atoms with E-state index in [4.69, 9.17) is 0 Å². The molecule has 0 aliphatic carbocycles. The summed E-state index contributed by atoms with van der Waals surface area (Å²) in [6.07, 6.45) is 5.41. The van der Waals surface area contributed by atoms with Gasteiger partial charge in [-0.3, -0.25) is 9.59 Å². The minimum Gasteiger partial charge on any atom is -0.507 e. The van der Waals surface area contributed by atoms with Gasteiger partial charge < -0.3 is 14.9 Å². The number of nitrogens with zero attached hydrogens (tertiary/aromatic N) is 2. The SMILES string of the molecule is CCCCN(CCCC)CCCN1C(=O)C(=O)/C(=C(\O)c2ccc(C)cc2)C1c1ccc(C(C)C)cc1. The Hall–Kier alpha value is -2.92. The van der Waals surface area contributed by atoms with Crippen LogP contribution in [-0.4, -0.2) is 52.8 Å². The van der Waals surface area contributed by atoms with Gasteiger partial charge in [-0.15, -0.1) is 0 Å². The smallest absolute Gasteiger partial charge is 0.295 e. The largest absolute Gasteiger partial charge is 0.507 e. The first-order valence-electron chi connectivity index (χ1n) is 14.0. The van der Waals surface area contributed by atoms with E-state index in [-0.39, 0.29) is 11.3 Å². The Morgan fingerprint density at radius 1 is 0.892 bits per heavy atom. The highest BCUT2D eigenvalue weighted by Gasteiger charge is 2.45. The molecule has 1 amide bonds. The summed E-state index contributed by atoms with van der Waals surface area (Å²) in [7, 11) is 0. The molecule has 0 aromatic heterocycles. The Balaban J connectivity index is 1.93. The molecule has 0 spiro atoms. The number of hydrogen-bond acceptors (Lipinski definition) is 4. The molecule has 0 radical (unpaired) electrons. The van der Waals surface area contributed by atoms with Gasteiger partial charge in [0.15, 0.2) is 0 Å². The Morgan fingerprint density at radius 2 is 1.46 bits per heavy atom. The zero-order valence-corrected chi connectivity index (χ0v) is 23.3. The summed E-state index contributed by atoms with van der Waals surface area (Å²) in [6, 6.07) is 14.9. The molecule has 2 aromatic carbocycles. The Labute approximate surface area is 223 Å². The van der Waals surface area contributed by atoms with Crippen molar-refractivity contribution in [2.75, 3.05) is 26.2 Å². The monoisotopic (exact) mass is 504 g/mol. The third kappa shape index (κ3) is 7.10. The van der Waals surface area contributed by atoms with Crippen LogP contribution in [0.3, 0.4) is 0 Å². The second kappa shape index (κ2) is 13.6. The third-order valence-electron chi connectivity index (χ3n) is 7.31. The van der Waals surface area contributed by atoms with Crippen LogP contribution in [0.15, 0.2) is 54.1 Å². The van der Waals surface area contributed by atoms with Crippen LogP contribution in [-0.2, 0) is 9.59 Å². The van der Waals surface area contributed by atoms with Crippen LogP contribution in [0.1, 0.15) is 94.0 Å². The van der Waals surface area contributed by atoms with E-state index in [1.54, 1.807) is 17.0 Å². The summed E-state index contributed by atoms with van der Waals surface area (Å²) >= 11 is 0. The van der Waals surface area contributed by atoms with Crippen molar-refractivity contribution in [1.82, 2.24) is 9.80 Å². The van der Waals surface area contributed by atoms with Crippen molar-refractivity contribution in [3.8, 4) is 0 Å². The van der Waals surface area contributed by atoms with Gasteiger partial charge in [0.1, 0.15) is 5.76 Å². The van der Waals surface area contributed by atoms with Gasteiger partial charge in [0.25, 0.3) is 11.7 Å². The molecule has 0 saturated carbocycles. The lowest BCUT2D eigenvalue weighted by Crippen LogP contribution is -2.34. The molecule has 5 nitrogen and oxygen atoms in total. The maximum Gasteiger partial charge on any atom is 0.295 e. The van der Waals surface area contributed by atoms with Crippen molar-refractivity contribution >= 4 is 17.4 Å². The zero-order chi connectivity index (χ0) is 26.9. The molecule has 1 N–H and O–H groups in total. The topological polar surface area (TPSA) is 60.9 Å². The molecule has 1 atom stereocenters. The molecule has 200 valence electrons. The van der Waals surface area contributed by atoms with Gasteiger partial charge >= 0.3 is 0 Å². The standard InChI is InChI=1S/C32H44N2O3/c1-6-8-19-33(20-9-7-2)21-10-22-34-29(26-17-15-25(16-18-26)23(3)4)28(31(36)32(34)37)30(35)27-13-11-24(5)12-14-27/h11-18,23,29,35H,6-10,19-22H2,1-5H3/b30-28-. The van der Waals surface area contributed by atoms with E-state index in [1.165, 1.54) is 5.56 Å². The van der Waals surface area contributed by atoms with Gasteiger partial charge in [0, 0.05) is 12.1 Å². The highest BCUT2D eigenvalue weighted by atomic mass is 16.3. The van der Waals surface area contributed by atoms with Crippen molar-refractivity contribution in [3.63, 3.8) is 0 Å². The van der Waals surface area contributed by atoms with Crippen LogP contribution in [0.2, 0.25) is 0 Å². The lowest BCUT2D eigenvalue weighted by molar-refractivity contribution is -0.140. The van der Waals surface area contributed by atoms with Crippen molar-refractivity contribution in [2.24, 2.45) is 0 Å². The van der Waals surface area contributed by atoms with Gasteiger partial charge in [0.2, 0.25) is 0 Å². The second-order valence-electron chi connectivity index (χ2n) is 10.6. The number of Topliss-reactive ketones (excluding diaryl/α,β-unsaturated/α-hetero) is 1. The Kier molecular flexibility index (Phi) is 10.5. The quantitative estimate of drug-likeness (QED) is 0.184. The second-order valence-corrected chi connectivity index (χ2v) is 10.6. The first kappa shape index (κ1) is 28.6. The van der Waals surface area contributed by atoms with Gasteiger partial charge in [-0.05, 0) is 62.9 Å². The first-order valence-corrected chi connectivity index (χ1v) is 14.0. The first-order chi connectivity index (χ1) is 17.8. The van der Waals surface area contributed by atoms with Crippen molar-refractivity contribution in [2.45, 2.75) is 78.7 Å². The number of amides is 1. The number of ketones is 1. The van der Waals surface area contributed by atoms with Gasteiger partial charge in [-0.1, -0.05) is 94.6 Å². The van der Waals surface area contributed by atoms with Gasteiger partial charge in [-0.25, -0.2) is 0 Å². The van der Waals surface area contributed by atoms with E-state index >= 15 is 0 Å². The van der Waals surface area contributed by atoms with E-state index in [1.807, 2.05) is 31.2 Å². The predicted octanol–water partition coefficient (Wildman–Crippen LogP) is 6.83. The molecule has 1 aliphatic heterocycles. The van der Waals surface area contributed by atoms with E-state index in [0.717, 1.165) is 62.9 Å². The number of aliphatic hydroxyl groups excluding tert-OH is 1. The summed E-state index contributed by atoms with van der Waals surface area (Å²) in [5.41, 5.74) is 3.85. The number of hydrogen-bond donors (Lipinski definition) is 1. The van der Waals surface area contributed by atoms with E-state index in [0.29, 0.717) is 18.0 Å². The fourth-order valence-corrected chi connectivity index (χ4v) is 4.95. The maximum absolute atomic E-state index is 13.3. The number of benzene rings is 2. The minimum atomic E-state index is -0.607. The normalized spacial score (nSPS) is 17.4. The lowest BCUT2D eigenvalue weighted by atomic mass is 9.93. The van der Waals surface area contributed by atoms with Crippen molar-refractivity contribution in [3.05, 3.63) is 76.4 Å². The molecule has 2 aromatic rings. The average Bonchev–Trinajstić information content (AvgIpc) is 3.15. The maximum atomic E-state index is 13.3. The lowest BCUT2D eigenvalue weighted by Gasteiger charge is -2.27. The summed E-state index contributed by atoms with van der Waals surface area (Å²) in [4.78, 5) is 30.8. The number of aliphatic hydroxyl groups is 1. The van der Waals surface area contributed by atoms with Crippen molar-refractivity contribution < 1.29 is 14.7 Å². The molecular formula is C32H44N2O3. The highest BCUT2D eigenvalue weighted by Crippen LogP contribution is 2.39. The van der Waals surface area contributed by atoms with Crippen LogP contribution in [0, 0.1) is 6.92 Å². The summed E-state index contributed by atoms with van der Waals surface area (Å²) in [6.45, 7) is 14.1. The Bertz CT molecular complexity index is 1060. The molecule has 5 heteroatoms. The minimum absolute atomic E-state index is 0.105. The van der Waals surface area contributed by atoms with Crippen LogP contribution in [0.4, 0.5) is 0 Å². The third-order valence-corrected chi connectivity index (χ3v) is 7.31. The summed E-state index contributed by atoms with van der Waals surface area (Å²) in [5.74, 6) is -0.860. The average molecular weight is 505 g/mol. The molecule has 1 saturated heterocycles. The van der Waals surface area contributed by atoms with E-state index in [2.05, 4.69) is 44.7 Å². The van der Waals surface area contributed by atoms with Crippen molar-refractivity contribution in [1.29, 1.82) is 0 Å². The van der Waals surface area contributed by atoms with Crippen LogP contribution >= 0.6 is 0 Å². The molecule has 1 unspecified atom stereocenters. The van der Waals surface area contributed by atoms with Crippen LogP contribution in [0.5, 0.6) is 0 Å². The molecular weight excluding hydrogens is 460 g/mol. The number of likely N-dealkylation sites (tertiary alicyclic amines) is 1. The molecule has 1 heterocycles. The molecule has 1 fully saturated rings. The summed E-state index contributed by atoms with van der Waals surface area (Å²) < 4.78 is 0. The Morgan fingerprint density at radius 3 is 2.00 bits per heavy atom. The fraction of sp³-hybridized carbons (Fsp3) is 0.500. The number of carbonyl (C=O) groups is 2. The van der Waals surface area contributed by atoms with E-state index in [9.17, 15) is 14.7 Å². The van der Waals surface area contributed by atoms with Gasteiger partial charge in [-0.2, -0.15) is 0 Å². The number of rotatable bonds is 13. The fourth-order valence-electron chi connectivity index (χ4n) is 4.95. The number of carbonyl (C=O) groups excluding carboxylic acids is 2. The van der Waals surface area contributed by atoms with Crippen LogP contribution in [0.25, 0.3) is 5.76 Å². The number of unbranched alkanes of at least 4 members (excludes halogenated alkanes) is 2. The summed E-state index contributed by atoms with van der Waals surface area (Å²) in [5, 5.41) is 11.3.